The lowest BCUT2D eigenvalue weighted by Crippen LogP contribution is -2.26. The minimum absolute atomic E-state index is 0.151. The Balaban J connectivity index is 1.36. The average Bonchev–Trinajstić information content (AvgIpc) is 3.42. The minimum atomic E-state index is -0.164. The number of nitrogens with one attached hydrogen (secondary N) is 1. The fraction of sp³-hybridized carbons (Fsp3) is 0.174. The van der Waals surface area contributed by atoms with E-state index in [1.165, 1.54) is 5.56 Å². The van der Waals surface area contributed by atoms with E-state index in [-0.39, 0.29) is 11.9 Å². The smallest absolute Gasteiger partial charge is 0.254 e. The number of carbonyl (C=O) groups excluding carboxylic acids is 1. The molecule has 0 spiro atoms. The summed E-state index contributed by atoms with van der Waals surface area (Å²) in [6.45, 7) is 3.27. The Morgan fingerprint density at radius 2 is 1.77 bits per heavy atom. The van der Waals surface area contributed by atoms with Gasteiger partial charge in [-0.05, 0) is 41.8 Å². The second-order valence-corrected chi connectivity index (χ2v) is 7.63. The van der Waals surface area contributed by atoms with Crippen molar-refractivity contribution in [3.05, 3.63) is 107 Å². The Kier molecular flexibility index (Phi) is 5.95. The zero-order valence-corrected chi connectivity index (χ0v) is 17.3. The molecule has 4 aromatic rings. The van der Waals surface area contributed by atoms with Gasteiger partial charge in [0.05, 0.1) is 30.9 Å². The maximum absolute atomic E-state index is 12.6. The molecular formula is C23H22ClN5O. The van der Waals surface area contributed by atoms with Crippen molar-refractivity contribution in [3.8, 4) is 0 Å². The summed E-state index contributed by atoms with van der Waals surface area (Å²) < 4.78 is 3.65. The summed E-state index contributed by atoms with van der Waals surface area (Å²) in [5, 5.41) is 12.2. The summed E-state index contributed by atoms with van der Waals surface area (Å²) in [7, 11) is 0. The predicted molar refractivity (Wildman–Crippen MR) is 116 cm³/mol. The SMILES string of the molecule is C[C@@H](NC(=O)c1cnn(Cc2ccc(Cn3cccn3)cc2)c1)c1cccc(Cl)c1. The lowest BCUT2D eigenvalue weighted by molar-refractivity contribution is 0.0940. The zero-order valence-electron chi connectivity index (χ0n) is 16.6. The van der Waals surface area contributed by atoms with E-state index in [4.69, 9.17) is 11.6 Å². The van der Waals surface area contributed by atoms with Gasteiger partial charge in [0, 0.05) is 23.6 Å². The van der Waals surface area contributed by atoms with Gasteiger partial charge in [0.1, 0.15) is 0 Å². The molecule has 4 rings (SSSR count). The average molecular weight is 420 g/mol. The number of carbonyl (C=O) groups is 1. The van der Waals surface area contributed by atoms with E-state index >= 15 is 0 Å². The number of amides is 1. The molecule has 0 bridgehead atoms. The third kappa shape index (κ3) is 4.96. The van der Waals surface area contributed by atoms with Crippen LogP contribution in [0.25, 0.3) is 0 Å². The lowest BCUT2D eigenvalue weighted by atomic mass is 10.1. The molecule has 30 heavy (non-hydrogen) atoms. The number of nitrogens with zero attached hydrogens (tertiary/aromatic N) is 4. The van der Waals surface area contributed by atoms with Crippen LogP contribution in [0.1, 0.15) is 40.0 Å². The standard InChI is InChI=1S/C23H22ClN5O/c1-17(20-4-2-5-22(24)12-20)27-23(30)21-13-26-29(16-21)15-19-8-6-18(7-9-19)14-28-11-3-10-25-28/h2-13,16-17H,14-15H2,1H3,(H,27,30)/t17-/m1/s1. The summed E-state index contributed by atoms with van der Waals surface area (Å²) in [6.07, 6.45) is 7.07. The molecule has 1 amide bonds. The molecule has 0 saturated heterocycles. The number of rotatable bonds is 7. The lowest BCUT2D eigenvalue weighted by Gasteiger charge is -2.13. The van der Waals surface area contributed by atoms with Gasteiger partial charge in [0.2, 0.25) is 0 Å². The third-order valence-corrected chi connectivity index (χ3v) is 5.10. The fourth-order valence-electron chi connectivity index (χ4n) is 3.22. The first-order chi connectivity index (χ1) is 14.6. The molecule has 0 fully saturated rings. The Labute approximate surface area is 180 Å². The molecule has 0 saturated carbocycles. The van der Waals surface area contributed by atoms with Crippen LogP contribution in [0.4, 0.5) is 0 Å². The normalized spacial score (nSPS) is 11.9. The van der Waals surface area contributed by atoms with Crippen molar-refractivity contribution in [1.82, 2.24) is 24.9 Å². The highest BCUT2D eigenvalue weighted by Crippen LogP contribution is 2.18. The van der Waals surface area contributed by atoms with Crippen LogP contribution in [-0.4, -0.2) is 25.5 Å². The summed E-state index contributed by atoms with van der Waals surface area (Å²) in [6, 6.07) is 17.6. The molecule has 1 N–H and O–H groups in total. The zero-order chi connectivity index (χ0) is 20.9. The van der Waals surface area contributed by atoms with Crippen LogP contribution in [0.3, 0.4) is 0 Å². The molecule has 6 nitrogen and oxygen atoms in total. The first-order valence-corrected chi connectivity index (χ1v) is 10.1. The number of hydrogen-bond donors (Lipinski definition) is 1. The second kappa shape index (κ2) is 8.97. The summed E-state index contributed by atoms with van der Waals surface area (Å²) in [4.78, 5) is 12.6. The van der Waals surface area contributed by atoms with Crippen LogP contribution < -0.4 is 5.32 Å². The van der Waals surface area contributed by atoms with Crippen LogP contribution in [0.2, 0.25) is 5.02 Å². The molecule has 0 radical (unpaired) electrons. The van der Waals surface area contributed by atoms with Gasteiger partial charge in [-0.15, -0.1) is 0 Å². The number of aromatic nitrogens is 4. The highest BCUT2D eigenvalue weighted by molar-refractivity contribution is 6.30. The van der Waals surface area contributed by atoms with E-state index in [0.717, 1.165) is 17.7 Å². The molecule has 1 atom stereocenters. The molecule has 2 heterocycles. The van der Waals surface area contributed by atoms with Crippen LogP contribution in [0, 0.1) is 0 Å². The van der Waals surface area contributed by atoms with Gasteiger partial charge in [0.25, 0.3) is 5.91 Å². The van der Waals surface area contributed by atoms with E-state index in [1.807, 2.05) is 48.1 Å². The summed E-state index contributed by atoms with van der Waals surface area (Å²) >= 11 is 6.04. The van der Waals surface area contributed by atoms with Crippen molar-refractivity contribution in [2.45, 2.75) is 26.1 Å². The second-order valence-electron chi connectivity index (χ2n) is 7.20. The predicted octanol–water partition coefficient (Wildman–Crippen LogP) is 4.32. The number of benzene rings is 2. The minimum Gasteiger partial charge on any atom is -0.345 e. The Hall–Kier alpha value is -3.38. The van der Waals surface area contributed by atoms with Crippen LogP contribution in [-0.2, 0) is 13.1 Å². The Morgan fingerprint density at radius 3 is 2.43 bits per heavy atom. The maximum atomic E-state index is 12.6. The van der Waals surface area contributed by atoms with Crippen molar-refractivity contribution in [1.29, 1.82) is 0 Å². The molecule has 0 aliphatic heterocycles. The van der Waals surface area contributed by atoms with Gasteiger partial charge < -0.3 is 5.32 Å². The molecule has 0 unspecified atom stereocenters. The summed E-state index contributed by atoms with van der Waals surface area (Å²) in [5.74, 6) is -0.164. The molecule has 2 aromatic carbocycles. The van der Waals surface area contributed by atoms with Crippen molar-refractivity contribution >= 4 is 17.5 Å². The summed E-state index contributed by atoms with van der Waals surface area (Å²) in [5.41, 5.74) is 3.78. The van der Waals surface area contributed by atoms with Crippen molar-refractivity contribution in [3.63, 3.8) is 0 Å². The molecule has 0 aliphatic carbocycles. The van der Waals surface area contributed by atoms with Crippen LogP contribution in [0.15, 0.2) is 79.4 Å². The van der Waals surface area contributed by atoms with Crippen LogP contribution in [0.5, 0.6) is 0 Å². The topological polar surface area (TPSA) is 64.7 Å². The first kappa shape index (κ1) is 19.9. The molecule has 152 valence electrons. The third-order valence-electron chi connectivity index (χ3n) is 4.86. The van der Waals surface area contributed by atoms with Gasteiger partial charge in [-0.3, -0.25) is 14.2 Å². The van der Waals surface area contributed by atoms with Gasteiger partial charge >= 0.3 is 0 Å². The largest absolute Gasteiger partial charge is 0.345 e. The van der Waals surface area contributed by atoms with Gasteiger partial charge in [-0.1, -0.05) is 48.0 Å². The van der Waals surface area contributed by atoms with Crippen molar-refractivity contribution in [2.75, 3.05) is 0 Å². The van der Waals surface area contributed by atoms with Gasteiger partial charge in [-0.2, -0.15) is 10.2 Å². The van der Waals surface area contributed by atoms with Gasteiger partial charge in [0.15, 0.2) is 0 Å². The molecular weight excluding hydrogens is 398 g/mol. The quantitative estimate of drug-likeness (QED) is 0.485. The van der Waals surface area contributed by atoms with E-state index in [2.05, 4.69) is 39.8 Å². The van der Waals surface area contributed by atoms with Gasteiger partial charge in [-0.25, -0.2) is 0 Å². The Bertz CT molecular complexity index is 1120. The first-order valence-electron chi connectivity index (χ1n) is 9.71. The highest BCUT2D eigenvalue weighted by atomic mass is 35.5. The number of halogens is 1. The van der Waals surface area contributed by atoms with E-state index in [9.17, 15) is 4.79 Å². The van der Waals surface area contributed by atoms with E-state index in [0.29, 0.717) is 17.1 Å². The highest BCUT2D eigenvalue weighted by Gasteiger charge is 2.13. The van der Waals surface area contributed by atoms with Crippen molar-refractivity contribution < 1.29 is 4.79 Å². The number of hydrogen-bond acceptors (Lipinski definition) is 3. The van der Waals surface area contributed by atoms with E-state index in [1.54, 1.807) is 23.3 Å². The Morgan fingerprint density at radius 1 is 1.03 bits per heavy atom. The molecule has 7 heteroatoms. The molecule has 2 aromatic heterocycles. The maximum Gasteiger partial charge on any atom is 0.254 e. The monoisotopic (exact) mass is 419 g/mol. The van der Waals surface area contributed by atoms with Crippen LogP contribution >= 0.6 is 11.6 Å². The molecule has 0 aliphatic rings. The fourth-order valence-corrected chi connectivity index (χ4v) is 3.42. The van der Waals surface area contributed by atoms with Crippen molar-refractivity contribution in [2.24, 2.45) is 0 Å². The van der Waals surface area contributed by atoms with E-state index < -0.39 is 0 Å².